The number of hydrogen-bond acceptors (Lipinski definition) is 21. The molecule has 2 amide bonds. The van der Waals surface area contributed by atoms with E-state index in [0.717, 1.165) is 0 Å². The summed E-state index contributed by atoms with van der Waals surface area (Å²) in [6, 6.07) is -2.40. The third-order valence-electron chi connectivity index (χ3n) is 11.7. The first-order valence-electron chi connectivity index (χ1n) is 21.3. The Morgan fingerprint density at radius 3 is 1.09 bits per heavy atom. The van der Waals surface area contributed by atoms with E-state index in [2.05, 4.69) is 24.8 Å². The molecule has 7 fully saturated rings. The number of carboxylic acids is 7. The summed E-state index contributed by atoms with van der Waals surface area (Å²) in [5.41, 5.74) is 4.82. The van der Waals surface area contributed by atoms with Crippen molar-refractivity contribution in [2.45, 2.75) is 103 Å². The number of rotatable bonds is 16. The summed E-state index contributed by atoms with van der Waals surface area (Å²) in [6.07, 6.45) is -3.20. The van der Waals surface area contributed by atoms with E-state index in [1.54, 1.807) is 0 Å². The van der Waals surface area contributed by atoms with Gasteiger partial charge in [0.25, 0.3) is 0 Å². The number of hydrogen-bond donors (Lipinski definition) is 13. The fourth-order valence-electron chi connectivity index (χ4n) is 6.92. The standard InChI is InChI=1S/C14H21NO8.2C6H8O4.C5H7NO4.C5H7NO3.C5H6O4.2CH4.2Fm/c1-5(17)15-11-9(23-10(4-16)12(19)13(11)20)3-8(18)6-2-7(6)14(21)22;2*1-10-6(9)4-2-3(4)5(7)8;1-10-5(9)3-2(6-3)4(7)8;2*6-4(7)2-1-3(2)5(8)9;;;;/h6-7,9-13,16,19-20H,2-4H2,1H3,(H,15,17)(H,21,22);2*3-4H,2H2,1H3,(H,7,8);2-3,6H,1H3,(H,7,8);2-3H,1H2,(H2,6,7)(H,8,9);2-3H,1H2,(H,6,7)(H,8,9);2*1H4;;/t6-,7-,9?,10?,11?,12?,13?;2*3-,4-;3*2-,3-;;;;/m000000..../s1. The molecule has 438 valence electrons. The average Bonchev–Trinajstić information content (AvgIpc) is 4.09. The molecule has 14 N–H and O–H groups in total. The van der Waals surface area contributed by atoms with Crippen LogP contribution in [0.15, 0.2) is 0 Å². The minimum atomic E-state index is -1.41. The van der Waals surface area contributed by atoms with Crippen LogP contribution in [0.5, 0.6) is 0 Å². The molecule has 5 saturated carbocycles. The first-order chi connectivity index (χ1) is 33.0. The second-order valence-electron chi connectivity index (χ2n) is 17.0. The zero-order chi connectivity index (χ0) is 54.5. The molecule has 5 unspecified atom stereocenters. The molecule has 0 aromatic rings. The van der Waals surface area contributed by atoms with Crippen molar-refractivity contribution < 1.29 is 132 Å². The molecular weight excluding hydrogens is 1500 g/mol. The van der Waals surface area contributed by atoms with Crippen LogP contribution in [0, 0.1) is 59.2 Å². The van der Waals surface area contributed by atoms with Gasteiger partial charge in [0.1, 0.15) is 36.2 Å². The van der Waals surface area contributed by atoms with Crippen molar-refractivity contribution in [1.29, 1.82) is 0 Å². The van der Waals surface area contributed by atoms with E-state index in [-0.39, 0.29) is 45.3 Å². The quantitative estimate of drug-likeness (QED) is 0.0401. The van der Waals surface area contributed by atoms with Crippen molar-refractivity contribution >= 4 is 77.3 Å². The van der Waals surface area contributed by atoms with Gasteiger partial charge in [-0.25, -0.2) is 0 Å². The number of aliphatic hydroxyl groups is 3. The molecule has 17 atom stereocenters. The Balaban J connectivity index is -0.000000861. The Morgan fingerprint density at radius 1 is 0.507 bits per heavy atom. The van der Waals surface area contributed by atoms with Gasteiger partial charge in [0, 0.05) is 19.3 Å². The van der Waals surface area contributed by atoms with Crippen molar-refractivity contribution in [3.8, 4) is 0 Å². The molecule has 7 rings (SSSR count). The maximum absolute atomic E-state index is 12.1. The number of aliphatic carboxylic acids is 7. The Morgan fingerprint density at radius 2 is 0.840 bits per heavy atom. The van der Waals surface area contributed by atoms with Gasteiger partial charge in [0.2, 0.25) is 11.8 Å². The van der Waals surface area contributed by atoms with Gasteiger partial charge in [-0.15, -0.1) is 0 Å². The Kier molecular flexibility index (Phi) is 28.3. The summed E-state index contributed by atoms with van der Waals surface area (Å²) in [6.45, 7) is 0.661. The number of nitrogens with two attached hydrogens (primary N) is 1. The largest absolute Gasteiger partial charge is 0.481 e. The number of carbonyl (C=O) groups is 13. The number of Topliss-reactive ketones (excluding diaryl/α,β-unsaturated/α-hetero) is 1. The number of ether oxygens (including phenoxy) is 4. The maximum Gasteiger partial charge on any atom is 0.325 e. The molecule has 32 heteroatoms. The van der Waals surface area contributed by atoms with Gasteiger partial charge in [-0.2, -0.15) is 0 Å². The van der Waals surface area contributed by atoms with Crippen LogP contribution in [-0.2, 0) is 81.3 Å². The van der Waals surface area contributed by atoms with E-state index in [0.29, 0.717) is 25.7 Å². The van der Waals surface area contributed by atoms with Crippen LogP contribution in [0.25, 0.3) is 0 Å². The summed E-state index contributed by atoms with van der Waals surface area (Å²) in [5.74, 6) is -14.6. The molecule has 2 aliphatic heterocycles. The maximum atomic E-state index is 12.1. The number of carboxylic acid groups (broad SMARTS) is 7. The molecule has 5 aliphatic carbocycles. The van der Waals surface area contributed by atoms with E-state index in [1.807, 2.05) is 0 Å². The van der Waals surface area contributed by atoms with Crippen LogP contribution in [0.1, 0.15) is 60.3 Å². The molecule has 2 saturated heterocycles. The molecule has 0 bridgehead atoms. The van der Waals surface area contributed by atoms with Gasteiger partial charge in [0.15, 0.2) is 0 Å². The van der Waals surface area contributed by atoms with Crippen LogP contribution in [0.4, 0.5) is 0 Å². The topological polar surface area (TPSA) is 521 Å². The third-order valence-corrected chi connectivity index (χ3v) is 11.7. The van der Waals surface area contributed by atoms with E-state index in [9.17, 15) is 77.6 Å². The minimum Gasteiger partial charge on any atom is -0.481 e. The van der Waals surface area contributed by atoms with Gasteiger partial charge < -0.3 is 81.1 Å². The number of esters is 3. The zero-order valence-electron chi connectivity index (χ0n) is 38.8. The van der Waals surface area contributed by atoms with Gasteiger partial charge in [-0.3, -0.25) is 67.6 Å². The first kappa shape index (κ1) is 70.4. The summed E-state index contributed by atoms with van der Waals surface area (Å²) in [7, 11) is 3.75. The zero-order valence-corrected chi connectivity index (χ0v) is 43.6. The molecule has 7 aliphatic rings. The molecule has 0 aromatic carbocycles. The predicted molar refractivity (Wildman–Crippen MR) is 236 cm³/mol. The second kappa shape index (κ2) is 30.2. The predicted octanol–water partition coefficient (Wildman–Crippen LogP) is -3.75. The Bertz CT molecular complexity index is 1910. The van der Waals surface area contributed by atoms with Crippen LogP contribution >= 0.6 is 0 Å². The summed E-state index contributed by atoms with van der Waals surface area (Å²) in [4.78, 5) is 137. The summed E-state index contributed by atoms with van der Waals surface area (Å²) >= 11 is 0. The molecule has 75 heavy (non-hydrogen) atoms. The monoisotopic (exact) mass is 1570 g/mol. The van der Waals surface area contributed by atoms with Crippen molar-refractivity contribution in [2.75, 3.05) is 27.9 Å². The molecular formula is C43H65Fm2N3O27. The van der Waals surface area contributed by atoms with Crippen molar-refractivity contribution in [2.24, 2.45) is 64.9 Å². The summed E-state index contributed by atoms with van der Waals surface area (Å²) in [5, 5.41) is 92.6. The number of nitrogens with one attached hydrogen (secondary N) is 2. The van der Waals surface area contributed by atoms with E-state index in [4.69, 9.17) is 46.2 Å². The van der Waals surface area contributed by atoms with Gasteiger partial charge in [-0.05, 0) is 32.1 Å². The molecule has 0 radical (unpaired) electrons. The van der Waals surface area contributed by atoms with Gasteiger partial charge >= 0.3 is 59.7 Å². The number of aliphatic hydroxyl groups excluding tert-OH is 3. The number of amides is 2. The van der Waals surface area contributed by atoms with Gasteiger partial charge in [0.05, 0.1) is 93.3 Å². The smallest absolute Gasteiger partial charge is 0.325 e. The molecule has 0 spiro atoms. The summed E-state index contributed by atoms with van der Waals surface area (Å²) < 4.78 is 18.4. The van der Waals surface area contributed by atoms with E-state index >= 15 is 0 Å². The second-order valence-corrected chi connectivity index (χ2v) is 17.0. The number of carbonyl (C=O) groups excluding carboxylic acids is 6. The minimum absolute atomic E-state index is 0. The fourth-order valence-corrected chi connectivity index (χ4v) is 6.92. The molecule has 2 heterocycles. The number of primary amides is 1. The van der Waals surface area contributed by atoms with E-state index < -0.39 is 168 Å². The SMILES string of the molecule is C.C.CC(=O)NC1C(CC(=O)[C@H]2C[C@@H]2C(=O)O)OC(CO)C(O)C1O.COC(=O)[C@H]1C[C@@H]1C(=O)O.COC(=O)[C@H]1C[C@@H]1C(=O)O.COC(=O)[C@H]1N[C@@H]1C(=O)O.NC(=O)[C@H]1C[C@@H]1C(=O)O.O=C(O)[C@H]1C[C@@H]1C(=O)O.[Fm].[Fm]. The van der Waals surface area contributed by atoms with Gasteiger partial charge in [-0.1, -0.05) is 14.9 Å². The fraction of sp³-hybridized carbons (Fsp3) is 0.698. The Labute approximate surface area is 415 Å². The average molecular weight is 1570 g/mol. The van der Waals surface area contributed by atoms with Crippen molar-refractivity contribution in [3.05, 3.63) is 0 Å². The first-order valence-corrected chi connectivity index (χ1v) is 21.3. The number of methoxy groups -OCH3 is 3. The van der Waals surface area contributed by atoms with Crippen LogP contribution in [0.2, 0.25) is 0 Å². The van der Waals surface area contributed by atoms with Crippen LogP contribution in [0.3, 0.4) is 0 Å². The molecule has 0 aromatic heterocycles. The normalized spacial score (nSPS) is 31.4. The number of ketones is 1. The van der Waals surface area contributed by atoms with Crippen molar-refractivity contribution in [3.63, 3.8) is 0 Å². The third kappa shape index (κ3) is 21.0. The van der Waals surface area contributed by atoms with Crippen molar-refractivity contribution in [1.82, 2.24) is 10.6 Å². The van der Waals surface area contributed by atoms with Crippen LogP contribution < -0.4 is 16.4 Å². The van der Waals surface area contributed by atoms with Crippen LogP contribution in [-0.4, -0.2) is 199 Å². The van der Waals surface area contributed by atoms with E-state index in [1.165, 1.54) is 28.3 Å². The molecule has 30 nitrogen and oxygen atoms in total. The Hall–Kier alpha value is -8.89.